The number of carboxylic acids is 1. The number of aliphatic carboxylic acids is 1. The summed E-state index contributed by atoms with van der Waals surface area (Å²) in [5.74, 6) is -0.179. The van der Waals surface area contributed by atoms with E-state index in [9.17, 15) is 9.59 Å². The van der Waals surface area contributed by atoms with E-state index in [0.717, 1.165) is 0 Å². The Kier molecular flexibility index (Phi) is 4.28. The van der Waals surface area contributed by atoms with Gasteiger partial charge in [-0.25, -0.2) is 9.59 Å². The van der Waals surface area contributed by atoms with Crippen molar-refractivity contribution in [2.45, 2.75) is 6.04 Å². The third kappa shape index (κ3) is 3.32. The van der Waals surface area contributed by atoms with Gasteiger partial charge in [-0.1, -0.05) is 18.2 Å². The zero-order valence-corrected chi connectivity index (χ0v) is 9.48. The van der Waals surface area contributed by atoms with Crippen LogP contribution in [0.5, 0.6) is 0 Å². The van der Waals surface area contributed by atoms with Crippen molar-refractivity contribution in [3.05, 3.63) is 11.6 Å². The van der Waals surface area contributed by atoms with Gasteiger partial charge in [0.1, 0.15) is 6.04 Å². The zero-order chi connectivity index (χ0) is 11.4. The number of nitrogens with one attached hydrogen (secondary N) is 1. The number of amides is 2. The summed E-state index contributed by atoms with van der Waals surface area (Å²) >= 11 is 6.89. The lowest BCUT2D eigenvalue weighted by molar-refractivity contribution is -0.140. The van der Waals surface area contributed by atoms with Crippen LogP contribution in [0.1, 0.15) is 0 Å². The van der Waals surface area contributed by atoms with Gasteiger partial charge in [-0.05, 0) is 0 Å². The molecule has 0 aromatic heterocycles. The average molecular weight is 251 g/mol. The molecule has 0 bridgehead atoms. The lowest BCUT2D eigenvalue weighted by Crippen LogP contribution is -2.47. The standard InChI is InChI=1S/C8H11ClN2O3S/c1-5(9)2-10-8(14)11-4-15-3-6(11)7(12)13/h6H,1-4H2,(H,10,14)(H,12,13). The fraction of sp³-hybridized carbons (Fsp3) is 0.500. The average Bonchev–Trinajstić information content (AvgIpc) is 2.62. The maximum atomic E-state index is 11.5. The molecule has 7 heteroatoms. The Morgan fingerprint density at radius 3 is 2.87 bits per heavy atom. The van der Waals surface area contributed by atoms with E-state index in [2.05, 4.69) is 11.9 Å². The summed E-state index contributed by atoms with van der Waals surface area (Å²) in [6, 6.07) is -1.17. The summed E-state index contributed by atoms with van der Waals surface area (Å²) in [5, 5.41) is 11.6. The van der Waals surface area contributed by atoms with E-state index in [4.69, 9.17) is 16.7 Å². The minimum Gasteiger partial charge on any atom is -0.480 e. The molecule has 0 aromatic carbocycles. The molecule has 15 heavy (non-hydrogen) atoms. The lowest BCUT2D eigenvalue weighted by atomic mass is 10.3. The predicted molar refractivity (Wildman–Crippen MR) is 59.0 cm³/mol. The normalized spacial score (nSPS) is 20.1. The van der Waals surface area contributed by atoms with E-state index in [1.807, 2.05) is 0 Å². The van der Waals surface area contributed by atoms with Crippen molar-refractivity contribution >= 4 is 35.4 Å². The van der Waals surface area contributed by atoms with E-state index >= 15 is 0 Å². The monoisotopic (exact) mass is 250 g/mol. The highest BCUT2D eigenvalue weighted by atomic mass is 35.5. The highest BCUT2D eigenvalue weighted by Gasteiger charge is 2.34. The molecule has 1 rings (SSSR count). The first kappa shape index (κ1) is 12.2. The van der Waals surface area contributed by atoms with Crippen LogP contribution >= 0.6 is 23.4 Å². The van der Waals surface area contributed by atoms with Crippen LogP contribution in [0.15, 0.2) is 11.6 Å². The SMILES string of the molecule is C=C(Cl)CNC(=O)N1CSCC1C(=O)O. The summed E-state index contributed by atoms with van der Waals surface area (Å²) < 4.78 is 0. The minimum atomic E-state index is -0.986. The third-order valence-corrected chi connectivity index (χ3v) is 3.01. The molecule has 0 spiro atoms. The molecule has 1 heterocycles. The number of halogens is 1. The lowest BCUT2D eigenvalue weighted by Gasteiger charge is -2.20. The fourth-order valence-corrected chi connectivity index (χ4v) is 2.33. The fourth-order valence-electron chi connectivity index (χ4n) is 1.12. The summed E-state index contributed by atoms with van der Waals surface area (Å²) in [6.07, 6.45) is 0. The van der Waals surface area contributed by atoms with Crippen LogP contribution < -0.4 is 5.32 Å². The van der Waals surface area contributed by atoms with Crippen molar-refractivity contribution in [3.8, 4) is 0 Å². The summed E-state index contributed by atoms with van der Waals surface area (Å²) in [5.41, 5.74) is 0. The van der Waals surface area contributed by atoms with E-state index in [1.165, 1.54) is 16.7 Å². The van der Waals surface area contributed by atoms with Crippen LogP contribution in [-0.4, -0.2) is 46.2 Å². The Balaban J connectivity index is 2.51. The minimum absolute atomic E-state index is 0.147. The summed E-state index contributed by atoms with van der Waals surface area (Å²) in [7, 11) is 0. The molecule has 0 aliphatic carbocycles. The van der Waals surface area contributed by atoms with E-state index < -0.39 is 18.0 Å². The van der Waals surface area contributed by atoms with Crippen LogP contribution in [0, 0.1) is 0 Å². The van der Waals surface area contributed by atoms with Gasteiger partial charge in [-0.15, -0.1) is 11.8 Å². The molecule has 1 aliphatic rings. The Hall–Kier alpha value is -0.880. The van der Waals surface area contributed by atoms with Crippen molar-refractivity contribution in [2.24, 2.45) is 0 Å². The molecule has 1 unspecified atom stereocenters. The third-order valence-electron chi connectivity index (χ3n) is 1.86. The smallest absolute Gasteiger partial charge is 0.327 e. The Bertz CT molecular complexity index is 298. The predicted octanol–water partition coefficient (Wildman–Crippen LogP) is 0.908. The molecular weight excluding hydrogens is 240 g/mol. The number of hydrogen-bond donors (Lipinski definition) is 2. The molecule has 2 N–H and O–H groups in total. The quantitative estimate of drug-likeness (QED) is 0.781. The van der Waals surface area contributed by atoms with Crippen LogP contribution in [0.2, 0.25) is 0 Å². The molecule has 84 valence electrons. The van der Waals surface area contributed by atoms with Crippen molar-refractivity contribution in [2.75, 3.05) is 18.2 Å². The number of carbonyl (C=O) groups is 2. The highest BCUT2D eigenvalue weighted by molar-refractivity contribution is 7.99. The first-order chi connectivity index (χ1) is 7.02. The van der Waals surface area contributed by atoms with Crippen LogP contribution in [-0.2, 0) is 4.79 Å². The number of nitrogens with zero attached hydrogens (tertiary/aromatic N) is 1. The van der Waals surface area contributed by atoms with Crippen LogP contribution in [0.3, 0.4) is 0 Å². The molecule has 1 atom stereocenters. The Morgan fingerprint density at radius 2 is 2.33 bits per heavy atom. The van der Waals surface area contributed by atoms with Gasteiger partial charge >= 0.3 is 12.0 Å². The number of hydrogen-bond acceptors (Lipinski definition) is 3. The van der Waals surface area contributed by atoms with Gasteiger partial charge in [-0.3, -0.25) is 0 Å². The largest absolute Gasteiger partial charge is 0.480 e. The number of rotatable bonds is 3. The van der Waals surface area contributed by atoms with Crippen molar-refractivity contribution in [1.82, 2.24) is 10.2 Å². The molecule has 1 saturated heterocycles. The molecule has 0 radical (unpaired) electrons. The van der Waals surface area contributed by atoms with Gasteiger partial charge in [0.15, 0.2) is 0 Å². The van der Waals surface area contributed by atoms with Gasteiger partial charge in [0.2, 0.25) is 0 Å². The number of thioether (sulfide) groups is 1. The molecule has 0 aromatic rings. The van der Waals surface area contributed by atoms with E-state index in [0.29, 0.717) is 16.7 Å². The van der Waals surface area contributed by atoms with Gasteiger partial charge in [-0.2, -0.15) is 0 Å². The number of carboxylic acid groups (broad SMARTS) is 1. The van der Waals surface area contributed by atoms with Gasteiger partial charge in [0.25, 0.3) is 0 Å². The van der Waals surface area contributed by atoms with Crippen LogP contribution in [0.25, 0.3) is 0 Å². The van der Waals surface area contributed by atoms with Gasteiger partial charge < -0.3 is 15.3 Å². The molecular formula is C8H11ClN2O3S. The summed E-state index contributed by atoms with van der Waals surface area (Å²) in [6.45, 7) is 3.57. The van der Waals surface area contributed by atoms with Crippen molar-refractivity contribution in [1.29, 1.82) is 0 Å². The van der Waals surface area contributed by atoms with Gasteiger partial charge in [0, 0.05) is 10.8 Å². The van der Waals surface area contributed by atoms with Gasteiger partial charge in [0.05, 0.1) is 12.4 Å². The summed E-state index contributed by atoms with van der Waals surface area (Å²) in [4.78, 5) is 23.5. The second-order valence-corrected chi connectivity index (χ2v) is 4.53. The van der Waals surface area contributed by atoms with E-state index in [1.54, 1.807) is 0 Å². The number of urea groups is 1. The topological polar surface area (TPSA) is 69.6 Å². The molecule has 1 fully saturated rings. The molecule has 0 saturated carbocycles. The van der Waals surface area contributed by atoms with E-state index in [-0.39, 0.29) is 6.54 Å². The van der Waals surface area contributed by atoms with Crippen molar-refractivity contribution < 1.29 is 14.7 Å². The first-order valence-corrected chi connectivity index (χ1v) is 5.74. The second kappa shape index (κ2) is 5.27. The highest BCUT2D eigenvalue weighted by Crippen LogP contribution is 2.20. The Labute approximate surface area is 96.5 Å². The zero-order valence-electron chi connectivity index (χ0n) is 7.90. The molecule has 1 aliphatic heterocycles. The first-order valence-electron chi connectivity index (χ1n) is 4.20. The number of carbonyl (C=O) groups excluding carboxylic acids is 1. The molecule has 5 nitrogen and oxygen atoms in total. The van der Waals surface area contributed by atoms with Crippen LogP contribution in [0.4, 0.5) is 4.79 Å². The van der Waals surface area contributed by atoms with Crippen molar-refractivity contribution in [3.63, 3.8) is 0 Å². The second-order valence-electron chi connectivity index (χ2n) is 3.00. The maximum absolute atomic E-state index is 11.5. The Morgan fingerprint density at radius 1 is 1.67 bits per heavy atom. The molecule has 2 amide bonds. The maximum Gasteiger partial charge on any atom is 0.327 e.